The van der Waals surface area contributed by atoms with Gasteiger partial charge in [0.1, 0.15) is 0 Å². The summed E-state index contributed by atoms with van der Waals surface area (Å²) >= 11 is 0. The topological polar surface area (TPSA) is 27.0 Å². The fourth-order valence-corrected chi connectivity index (χ4v) is 2.33. The monoisotopic (exact) mass is 150 g/mol. The van der Waals surface area contributed by atoms with Gasteiger partial charge >= 0.3 is 0 Å². The Bertz CT molecular complexity index is 182. The number of nitrogens with zero attached hydrogens (tertiary/aromatic N) is 2. The van der Waals surface area contributed by atoms with Crippen molar-refractivity contribution in [3.05, 3.63) is 0 Å². The summed E-state index contributed by atoms with van der Waals surface area (Å²) in [7, 11) is 0. The van der Waals surface area contributed by atoms with E-state index in [1.165, 1.54) is 32.5 Å². The molecule has 2 rings (SSSR count). The lowest BCUT2D eigenvalue weighted by atomic mass is 9.89. The lowest BCUT2D eigenvalue weighted by Crippen LogP contribution is -2.19. The molecule has 60 valence electrons. The number of fused-ring (bicyclic) bond motifs is 2. The quantitative estimate of drug-likeness (QED) is 0.519. The van der Waals surface area contributed by atoms with Gasteiger partial charge in [-0.25, -0.2) is 0 Å². The Morgan fingerprint density at radius 2 is 2.18 bits per heavy atom. The first-order chi connectivity index (χ1) is 5.40. The molecule has 2 aliphatic heterocycles. The van der Waals surface area contributed by atoms with Crippen LogP contribution in [0, 0.1) is 23.2 Å². The van der Waals surface area contributed by atoms with Gasteiger partial charge in [0.15, 0.2) is 0 Å². The molecule has 2 heterocycles. The van der Waals surface area contributed by atoms with Gasteiger partial charge in [-0.2, -0.15) is 5.26 Å². The average Bonchev–Trinajstić information content (AvgIpc) is 2.33. The Hall–Kier alpha value is -0.550. The van der Waals surface area contributed by atoms with Gasteiger partial charge in [-0.15, -0.1) is 0 Å². The third-order valence-corrected chi connectivity index (χ3v) is 3.03. The summed E-state index contributed by atoms with van der Waals surface area (Å²) < 4.78 is 0. The van der Waals surface area contributed by atoms with Crippen LogP contribution in [0.25, 0.3) is 0 Å². The van der Waals surface area contributed by atoms with Gasteiger partial charge in [-0.1, -0.05) is 0 Å². The second kappa shape index (κ2) is 2.83. The standard InChI is InChI=1S/C9H14N2/c10-6-8-2-1-4-11-5-3-9(8)7-11/h8-9H,1-5,7H2. The van der Waals surface area contributed by atoms with E-state index in [4.69, 9.17) is 5.26 Å². The summed E-state index contributed by atoms with van der Waals surface area (Å²) in [5.41, 5.74) is 0. The van der Waals surface area contributed by atoms with Gasteiger partial charge in [-0.3, -0.25) is 0 Å². The molecule has 0 aliphatic carbocycles. The van der Waals surface area contributed by atoms with Crippen LogP contribution in [0.3, 0.4) is 0 Å². The molecule has 11 heavy (non-hydrogen) atoms. The molecule has 3 unspecified atom stereocenters. The van der Waals surface area contributed by atoms with E-state index >= 15 is 0 Å². The van der Waals surface area contributed by atoms with E-state index in [-0.39, 0.29) is 0 Å². The van der Waals surface area contributed by atoms with Crippen LogP contribution in [-0.4, -0.2) is 24.5 Å². The largest absolute Gasteiger partial charge is 0.303 e. The van der Waals surface area contributed by atoms with Crippen LogP contribution >= 0.6 is 0 Å². The Morgan fingerprint density at radius 3 is 3.00 bits per heavy atom. The molecule has 2 saturated heterocycles. The van der Waals surface area contributed by atoms with E-state index in [1.54, 1.807) is 0 Å². The molecule has 2 fully saturated rings. The van der Waals surface area contributed by atoms with E-state index in [0.29, 0.717) is 11.8 Å². The Kier molecular flexibility index (Phi) is 1.83. The summed E-state index contributed by atoms with van der Waals surface area (Å²) in [6.45, 7) is 3.66. The Labute approximate surface area is 67.8 Å². The van der Waals surface area contributed by atoms with E-state index in [2.05, 4.69) is 11.0 Å². The minimum absolute atomic E-state index is 0.363. The second-order valence-corrected chi connectivity index (χ2v) is 3.73. The Morgan fingerprint density at radius 1 is 1.27 bits per heavy atom. The third-order valence-electron chi connectivity index (χ3n) is 3.03. The number of rotatable bonds is 0. The smallest absolute Gasteiger partial charge is 0.0659 e. The van der Waals surface area contributed by atoms with Gasteiger partial charge in [0.2, 0.25) is 0 Å². The summed E-state index contributed by atoms with van der Waals surface area (Å²) in [5.74, 6) is 1.06. The highest BCUT2D eigenvalue weighted by Gasteiger charge is 2.31. The maximum Gasteiger partial charge on any atom is 0.0659 e. The van der Waals surface area contributed by atoms with E-state index in [0.717, 1.165) is 6.42 Å². The first-order valence-electron chi connectivity index (χ1n) is 4.52. The predicted molar refractivity (Wildman–Crippen MR) is 42.9 cm³/mol. The summed E-state index contributed by atoms with van der Waals surface area (Å²) in [4.78, 5) is 2.50. The minimum atomic E-state index is 0.363. The molecule has 0 amide bonds. The molecule has 2 aliphatic rings. The molecule has 3 atom stereocenters. The van der Waals surface area contributed by atoms with Crippen LogP contribution in [-0.2, 0) is 0 Å². The molecule has 0 aromatic rings. The number of nitriles is 1. The van der Waals surface area contributed by atoms with Crippen molar-refractivity contribution in [2.24, 2.45) is 11.8 Å². The first-order valence-corrected chi connectivity index (χ1v) is 4.52. The van der Waals surface area contributed by atoms with Crippen molar-refractivity contribution in [3.8, 4) is 6.07 Å². The van der Waals surface area contributed by atoms with Crippen LogP contribution in [0.4, 0.5) is 0 Å². The second-order valence-electron chi connectivity index (χ2n) is 3.73. The SMILES string of the molecule is N#CC1CCCN2CCC1C2. The van der Waals surface area contributed by atoms with Gasteiger partial charge in [-0.05, 0) is 38.3 Å². The molecular formula is C9H14N2. The van der Waals surface area contributed by atoms with E-state index in [1.807, 2.05) is 0 Å². The molecule has 0 radical (unpaired) electrons. The highest BCUT2D eigenvalue weighted by atomic mass is 15.1. The van der Waals surface area contributed by atoms with Crippen molar-refractivity contribution in [3.63, 3.8) is 0 Å². The zero-order valence-corrected chi connectivity index (χ0v) is 6.79. The zero-order valence-electron chi connectivity index (χ0n) is 6.79. The number of hydrogen-bond donors (Lipinski definition) is 0. The fraction of sp³-hybridized carbons (Fsp3) is 0.889. The summed E-state index contributed by atoms with van der Waals surface area (Å²) in [6.07, 6.45) is 3.63. The molecule has 0 N–H and O–H groups in total. The van der Waals surface area contributed by atoms with E-state index in [9.17, 15) is 0 Å². The zero-order chi connectivity index (χ0) is 7.68. The molecule has 2 bridgehead atoms. The highest BCUT2D eigenvalue weighted by Crippen LogP contribution is 2.30. The van der Waals surface area contributed by atoms with Crippen molar-refractivity contribution in [2.75, 3.05) is 19.6 Å². The maximum atomic E-state index is 8.87. The van der Waals surface area contributed by atoms with Crippen LogP contribution in [0.1, 0.15) is 19.3 Å². The molecule has 2 nitrogen and oxygen atoms in total. The van der Waals surface area contributed by atoms with Gasteiger partial charge in [0.25, 0.3) is 0 Å². The summed E-state index contributed by atoms with van der Waals surface area (Å²) in [5, 5.41) is 8.87. The van der Waals surface area contributed by atoms with Gasteiger partial charge < -0.3 is 4.90 Å². The van der Waals surface area contributed by atoms with Gasteiger partial charge in [0.05, 0.1) is 12.0 Å². The van der Waals surface area contributed by atoms with Crippen molar-refractivity contribution < 1.29 is 0 Å². The summed E-state index contributed by atoms with van der Waals surface area (Å²) in [6, 6.07) is 2.44. The van der Waals surface area contributed by atoms with Crippen molar-refractivity contribution in [2.45, 2.75) is 19.3 Å². The average molecular weight is 150 g/mol. The van der Waals surface area contributed by atoms with E-state index < -0.39 is 0 Å². The lowest BCUT2D eigenvalue weighted by molar-refractivity contribution is 0.338. The van der Waals surface area contributed by atoms with Crippen LogP contribution in [0.15, 0.2) is 0 Å². The first kappa shape index (κ1) is 7.12. The van der Waals surface area contributed by atoms with Crippen LogP contribution in [0.2, 0.25) is 0 Å². The fourth-order valence-electron chi connectivity index (χ4n) is 2.33. The third kappa shape index (κ3) is 1.25. The van der Waals surface area contributed by atoms with Crippen molar-refractivity contribution >= 4 is 0 Å². The van der Waals surface area contributed by atoms with Crippen LogP contribution < -0.4 is 0 Å². The van der Waals surface area contributed by atoms with Crippen molar-refractivity contribution in [1.29, 1.82) is 5.26 Å². The molecule has 0 spiro atoms. The Balaban J connectivity index is 2.07. The molecular weight excluding hydrogens is 136 g/mol. The predicted octanol–water partition coefficient (Wildman–Crippen LogP) is 1.24. The lowest BCUT2D eigenvalue weighted by Gasteiger charge is -2.12. The normalized spacial score (nSPS) is 43.0. The van der Waals surface area contributed by atoms with Crippen molar-refractivity contribution in [1.82, 2.24) is 4.90 Å². The minimum Gasteiger partial charge on any atom is -0.303 e. The molecule has 0 saturated carbocycles. The van der Waals surface area contributed by atoms with Gasteiger partial charge in [0, 0.05) is 6.54 Å². The maximum absolute atomic E-state index is 8.87. The molecule has 2 heteroatoms. The van der Waals surface area contributed by atoms with Crippen LogP contribution in [0.5, 0.6) is 0 Å². The highest BCUT2D eigenvalue weighted by molar-refractivity contribution is 4.94. The number of hydrogen-bond acceptors (Lipinski definition) is 2. The molecule has 0 aromatic heterocycles. The molecule has 0 aromatic carbocycles.